The highest BCUT2D eigenvalue weighted by Gasteiger charge is 2.20. The van der Waals surface area contributed by atoms with Gasteiger partial charge < -0.3 is 14.5 Å². The lowest BCUT2D eigenvalue weighted by atomic mass is 10.1. The van der Waals surface area contributed by atoms with Crippen LogP contribution in [0.25, 0.3) is 17.0 Å². The van der Waals surface area contributed by atoms with Crippen LogP contribution in [0.5, 0.6) is 0 Å². The third-order valence-electron chi connectivity index (χ3n) is 5.84. The predicted molar refractivity (Wildman–Crippen MR) is 136 cm³/mol. The maximum atomic E-state index is 12.7. The zero-order chi connectivity index (χ0) is 24.8. The summed E-state index contributed by atoms with van der Waals surface area (Å²) >= 11 is 0. The van der Waals surface area contributed by atoms with Crippen LogP contribution in [0, 0.1) is 0 Å². The molecule has 0 unspecified atom stereocenters. The van der Waals surface area contributed by atoms with Crippen molar-refractivity contribution in [1.82, 2.24) is 14.8 Å². The SMILES string of the molecule is CCOC(=O)Nc1ccc2nc(/C=C\C(=O)c3ccc(C(=O)N4CCN(C)CC4)cc3)ccc2c1. The third-order valence-corrected chi connectivity index (χ3v) is 5.84. The number of anilines is 1. The van der Waals surface area contributed by atoms with Crippen LogP contribution in [0.3, 0.4) is 0 Å². The fraction of sp³-hybridized carbons (Fsp3) is 0.259. The lowest BCUT2D eigenvalue weighted by molar-refractivity contribution is 0.0663. The van der Waals surface area contributed by atoms with E-state index in [0.29, 0.717) is 42.2 Å². The summed E-state index contributed by atoms with van der Waals surface area (Å²) in [6.45, 7) is 5.19. The second-order valence-electron chi connectivity index (χ2n) is 8.36. The molecule has 0 atom stereocenters. The van der Waals surface area contributed by atoms with Crippen LogP contribution in [-0.2, 0) is 4.74 Å². The number of amides is 2. The quantitative estimate of drug-likeness (QED) is 0.429. The summed E-state index contributed by atoms with van der Waals surface area (Å²) in [6, 6.07) is 15.8. The average molecular weight is 473 g/mol. The Hall–Kier alpha value is -4.04. The van der Waals surface area contributed by atoms with Crippen LogP contribution < -0.4 is 5.32 Å². The van der Waals surface area contributed by atoms with Gasteiger partial charge in [-0.2, -0.15) is 0 Å². The monoisotopic (exact) mass is 472 g/mol. The molecule has 1 aromatic heterocycles. The summed E-state index contributed by atoms with van der Waals surface area (Å²) in [5.41, 5.74) is 3.08. The number of hydrogen-bond donors (Lipinski definition) is 1. The minimum atomic E-state index is -0.505. The van der Waals surface area contributed by atoms with Gasteiger partial charge in [0, 0.05) is 48.4 Å². The minimum absolute atomic E-state index is 0.00591. The van der Waals surface area contributed by atoms with Gasteiger partial charge in [-0.1, -0.05) is 18.2 Å². The Balaban J connectivity index is 1.39. The zero-order valence-electron chi connectivity index (χ0n) is 19.9. The maximum absolute atomic E-state index is 12.7. The van der Waals surface area contributed by atoms with Crippen molar-refractivity contribution in [2.75, 3.05) is 45.2 Å². The molecule has 1 aliphatic heterocycles. The number of aromatic nitrogens is 1. The maximum Gasteiger partial charge on any atom is 0.411 e. The van der Waals surface area contributed by atoms with Crippen molar-refractivity contribution >= 4 is 40.4 Å². The molecule has 8 heteroatoms. The second-order valence-corrected chi connectivity index (χ2v) is 8.36. The van der Waals surface area contributed by atoms with Gasteiger partial charge in [0.1, 0.15) is 0 Å². The van der Waals surface area contributed by atoms with E-state index in [-0.39, 0.29) is 11.7 Å². The molecule has 0 spiro atoms. The fourth-order valence-electron chi connectivity index (χ4n) is 3.82. The fourth-order valence-corrected chi connectivity index (χ4v) is 3.82. The van der Waals surface area contributed by atoms with E-state index in [9.17, 15) is 14.4 Å². The first-order valence-electron chi connectivity index (χ1n) is 11.6. The van der Waals surface area contributed by atoms with Gasteiger partial charge in [0.15, 0.2) is 5.78 Å². The summed E-state index contributed by atoms with van der Waals surface area (Å²) in [5.74, 6) is -0.173. The van der Waals surface area contributed by atoms with Crippen LogP contribution in [0.15, 0.2) is 60.7 Å². The first-order chi connectivity index (χ1) is 16.9. The molecule has 3 aromatic rings. The van der Waals surface area contributed by atoms with Crippen LogP contribution in [-0.4, -0.2) is 72.4 Å². The van der Waals surface area contributed by atoms with Crippen LogP contribution in [0.2, 0.25) is 0 Å². The summed E-state index contributed by atoms with van der Waals surface area (Å²) < 4.78 is 4.89. The first kappa shape index (κ1) is 24.1. The number of allylic oxidation sites excluding steroid dienone is 1. The summed E-state index contributed by atoms with van der Waals surface area (Å²) in [5, 5.41) is 3.52. The standard InChI is InChI=1S/C27H28N4O4/c1-3-35-27(34)29-23-10-12-24-21(18-23)8-9-22(28-24)11-13-25(32)19-4-6-20(7-5-19)26(33)31-16-14-30(2)15-17-31/h4-13,18H,3,14-17H2,1-2H3,(H,29,34)/b13-11-. The molecule has 1 N–H and O–H groups in total. The number of pyridine rings is 1. The lowest BCUT2D eigenvalue weighted by Gasteiger charge is -2.32. The van der Waals surface area contributed by atoms with Crippen molar-refractivity contribution < 1.29 is 19.1 Å². The minimum Gasteiger partial charge on any atom is -0.450 e. The van der Waals surface area contributed by atoms with E-state index in [4.69, 9.17) is 4.74 Å². The van der Waals surface area contributed by atoms with Gasteiger partial charge in [0.05, 0.1) is 17.8 Å². The number of nitrogens with zero attached hydrogens (tertiary/aromatic N) is 3. The molecule has 1 aliphatic rings. The molecule has 2 aromatic carbocycles. The number of likely N-dealkylation sites (N-methyl/N-ethyl adjacent to an activating group) is 1. The molecule has 2 amide bonds. The Morgan fingerprint density at radius 2 is 1.69 bits per heavy atom. The van der Waals surface area contributed by atoms with Crippen molar-refractivity contribution in [3.63, 3.8) is 0 Å². The van der Waals surface area contributed by atoms with E-state index in [2.05, 4.69) is 15.2 Å². The highest BCUT2D eigenvalue weighted by Crippen LogP contribution is 2.19. The van der Waals surface area contributed by atoms with Gasteiger partial charge in [0.2, 0.25) is 0 Å². The largest absolute Gasteiger partial charge is 0.450 e. The summed E-state index contributed by atoms with van der Waals surface area (Å²) in [6.07, 6.45) is 2.63. The Morgan fingerprint density at radius 3 is 2.40 bits per heavy atom. The number of nitrogens with one attached hydrogen (secondary N) is 1. The van der Waals surface area contributed by atoms with Crippen LogP contribution in [0.1, 0.15) is 33.3 Å². The van der Waals surface area contributed by atoms with Crippen molar-refractivity contribution in [3.05, 3.63) is 77.5 Å². The Kier molecular flexibility index (Phi) is 7.52. The molecule has 1 saturated heterocycles. The van der Waals surface area contributed by atoms with Gasteiger partial charge in [-0.25, -0.2) is 9.78 Å². The van der Waals surface area contributed by atoms with E-state index in [0.717, 1.165) is 24.0 Å². The molecule has 0 aliphatic carbocycles. The van der Waals surface area contributed by atoms with Crippen molar-refractivity contribution in [2.24, 2.45) is 0 Å². The molecule has 4 rings (SSSR count). The molecule has 0 saturated carbocycles. The molecular weight excluding hydrogens is 444 g/mol. The van der Waals surface area contributed by atoms with Gasteiger partial charge in [-0.05, 0) is 62.5 Å². The zero-order valence-corrected chi connectivity index (χ0v) is 19.9. The van der Waals surface area contributed by atoms with Crippen molar-refractivity contribution in [3.8, 4) is 0 Å². The molecule has 1 fully saturated rings. The molecule has 0 bridgehead atoms. The van der Waals surface area contributed by atoms with Gasteiger partial charge in [0.25, 0.3) is 5.91 Å². The lowest BCUT2D eigenvalue weighted by Crippen LogP contribution is -2.47. The highest BCUT2D eigenvalue weighted by molar-refractivity contribution is 6.07. The molecular formula is C27H28N4O4. The first-order valence-corrected chi connectivity index (χ1v) is 11.6. The Morgan fingerprint density at radius 1 is 0.971 bits per heavy atom. The van der Waals surface area contributed by atoms with Crippen molar-refractivity contribution in [2.45, 2.75) is 6.92 Å². The second kappa shape index (κ2) is 10.9. The summed E-state index contributed by atoms with van der Waals surface area (Å²) in [4.78, 5) is 45.5. The Labute approximate surface area is 204 Å². The van der Waals surface area contributed by atoms with E-state index in [1.807, 2.05) is 24.1 Å². The van der Waals surface area contributed by atoms with Gasteiger partial charge in [-0.15, -0.1) is 0 Å². The molecule has 180 valence electrons. The smallest absolute Gasteiger partial charge is 0.411 e. The molecule has 2 heterocycles. The van der Waals surface area contributed by atoms with E-state index in [1.54, 1.807) is 55.5 Å². The number of fused-ring (bicyclic) bond motifs is 1. The number of piperazine rings is 1. The van der Waals surface area contributed by atoms with Gasteiger partial charge >= 0.3 is 6.09 Å². The molecule has 0 radical (unpaired) electrons. The number of rotatable bonds is 6. The predicted octanol–water partition coefficient (Wildman–Crippen LogP) is 4.09. The van der Waals surface area contributed by atoms with E-state index >= 15 is 0 Å². The van der Waals surface area contributed by atoms with Crippen LogP contribution >= 0.6 is 0 Å². The highest BCUT2D eigenvalue weighted by atomic mass is 16.5. The van der Waals surface area contributed by atoms with Crippen LogP contribution in [0.4, 0.5) is 10.5 Å². The number of benzene rings is 2. The van der Waals surface area contributed by atoms with E-state index < -0.39 is 6.09 Å². The molecule has 35 heavy (non-hydrogen) atoms. The Bertz CT molecular complexity index is 1260. The average Bonchev–Trinajstić information content (AvgIpc) is 2.87. The number of ether oxygens (including phenoxy) is 1. The normalized spacial score (nSPS) is 14.3. The molecule has 8 nitrogen and oxygen atoms in total. The number of ketones is 1. The number of carbonyl (C=O) groups excluding carboxylic acids is 3. The number of carbonyl (C=O) groups is 3. The number of hydrogen-bond acceptors (Lipinski definition) is 6. The van der Waals surface area contributed by atoms with Gasteiger partial charge in [-0.3, -0.25) is 14.9 Å². The van der Waals surface area contributed by atoms with Crippen molar-refractivity contribution in [1.29, 1.82) is 0 Å². The summed E-state index contributed by atoms with van der Waals surface area (Å²) in [7, 11) is 2.05. The van der Waals surface area contributed by atoms with E-state index in [1.165, 1.54) is 6.08 Å². The topological polar surface area (TPSA) is 91.8 Å². The third kappa shape index (κ3) is 6.10.